The number of hydrogen-bond donors (Lipinski definition) is 1. The van der Waals surface area contributed by atoms with Crippen LogP contribution in [0.1, 0.15) is 53.0 Å². The van der Waals surface area contributed by atoms with Gasteiger partial charge < -0.3 is 14.8 Å². The van der Waals surface area contributed by atoms with Crippen LogP contribution in [0.25, 0.3) is 0 Å². The normalized spacial score (nSPS) is 23.1. The quantitative estimate of drug-likeness (QED) is 0.544. The maximum atomic E-state index is 13.4. The van der Waals surface area contributed by atoms with E-state index < -0.39 is 23.4 Å². The number of ketones is 1. The fourth-order valence-corrected chi connectivity index (χ4v) is 3.94. The number of ether oxygens (including phenoxy) is 2. The Labute approximate surface area is 169 Å². The van der Waals surface area contributed by atoms with Gasteiger partial charge in [0.15, 0.2) is 5.78 Å². The molecule has 1 heterocycles. The summed E-state index contributed by atoms with van der Waals surface area (Å²) in [6.07, 6.45) is 2.10. The van der Waals surface area contributed by atoms with Gasteiger partial charge in [0.2, 0.25) is 0 Å². The smallest absolute Gasteiger partial charge is 0.317 e. The molecule has 2 rings (SSSR count). The van der Waals surface area contributed by atoms with Gasteiger partial charge in [-0.05, 0) is 52.5 Å². The van der Waals surface area contributed by atoms with Gasteiger partial charge in [-0.15, -0.1) is 0 Å². The van der Waals surface area contributed by atoms with Gasteiger partial charge in [-0.1, -0.05) is 37.3 Å². The van der Waals surface area contributed by atoms with E-state index in [0.29, 0.717) is 12.5 Å². The number of esters is 1. The van der Waals surface area contributed by atoms with Crippen LogP contribution in [0.2, 0.25) is 0 Å². The minimum absolute atomic E-state index is 0.119. The van der Waals surface area contributed by atoms with Crippen LogP contribution < -0.4 is 5.32 Å². The minimum atomic E-state index is -0.840. The van der Waals surface area contributed by atoms with E-state index in [-0.39, 0.29) is 17.9 Å². The highest BCUT2D eigenvalue weighted by molar-refractivity contribution is 6.00. The molecular weight excluding hydrogens is 354 g/mol. The molecule has 156 valence electrons. The molecule has 5 heteroatoms. The Bertz CT molecular complexity index is 652. The number of rotatable bonds is 8. The predicted octanol–water partition coefficient (Wildman–Crippen LogP) is 3.55. The van der Waals surface area contributed by atoms with E-state index in [1.807, 2.05) is 58.0 Å². The van der Waals surface area contributed by atoms with E-state index in [0.717, 1.165) is 18.4 Å². The zero-order chi connectivity index (χ0) is 20.9. The SMILES string of the molecule is CO[C@@H]([C@@H]1CC[C@H](C)N1)[C@@H](C)C(=O)[C@H](Cc1ccccc1)C(=O)OC(C)(C)C. The Morgan fingerprint density at radius 3 is 2.32 bits per heavy atom. The van der Waals surface area contributed by atoms with Crippen LogP contribution in [-0.4, -0.2) is 42.7 Å². The van der Waals surface area contributed by atoms with Crippen molar-refractivity contribution >= 4 is 11.8 Å². The van der Waals surface area contributed by atoms with Gasteiger partial charge in [-0.3, -0.25) is 9.59 Å². The van der Waals surface area contributed by atoms with Gasteiger partial charge in [0.05, 0.1) is 6.10 Å². The van der Waals surface area contributed by atoms with E-state index in [2.05, 4.69) is 12.2 Å². The number of Topliss-reactive ketones (excluding diaryl/α,β-unsaturated/α-hetero) is 1. The molecular formula is C23H35NO4. The fraction of sp³-hybridized carbons (Fsp3) is 0.652. The summed E-state index contributed by atoms with van der Waals surface area (Å²) in [7, 11) is 1.64. The molecule has 5 nitrogen and oxygen atoms in total. The molecule has 1 aliphatic rings. The second-order valence-electron chi connectivity index (χ2n) is 8.92. The highest BCUT2D eigenvalue weighted by Gasteiger charge is 2.40. The molecule has 0 spiro atoms. The van der Waals surface area contributed by atoms with Crippen molar-refractivity contribution in [3.05, 3.63) is 35.9 Å². The van der Waals surface area contributed by atoms with Crippen LogP contribution in [0, 0.1) is 11.8 Å². The summed E-state index contributed by atoms with van der Waals surface area (Å²) < 4.78 is 11.3. The summed E-state index contributed by atoms with van der Waals surface area (Å²) >= 11 is 0. The first kappa shape index (κ1) is 22.6. The molecule has 0 aliphatic carbocycles. The molecule has 1 aromatic carbocycles. The van der Waals surface area contributed by atoms with Gasteiger partial charge in [-0.25, -0.2) is 0 Å². The van der Waals surface area contributed by atoms with Crippen molar-refractivity contribution < 1.29 is 19.1 Å². The standard InChI is InChI=1S/C23H35NO4/c1-15-12-13-19(24-15)21(27-6)16(2)20(25)18(22(26)28-23(3,4)5)14-17-10-8-7-9-11-17/h7-11,15-16,18-19,21,24H,12-14H2,1-6H3/t15-,16-,18-,19-,21+/m0/s1. The summed E-state index contributed by atoms with van der Waals surface area (Å²) in [4.78, 5) is 26.3. The minimum Gasteiger partial charge on any atom is -0.459 e. The molecule has 0 amide bonds. The average Bonchev–Trinajstić information content (AvgIpc) is 3.05. The summed E-state index contributed by atoms with van der Waals surface area (Å²) in [6.45, 7) is 9.46. The molecule has 1 aromatic rings. The molecule has 0 bridgehead atoms. The summed E-state index contributed by atoms with van der Waals surface area (Å²) in [5, 5.41) is 3.50. The first-order chi connectivity index (χ1) is 13.1. The van der Waals surface area contributed by atoms with Crippen molar-refractivity contribution in [3.8, 4) is 0 Å². The Kier molecular flexibility index (Phi) is 7.79. The van der Waals surface area contributed by atoms with Crippen molar-refractivity contribution in [3.63, 3.8) is 0 Å². The molecule has 0 unspecified atom stereocenters. The van der Waals surface area contributed by atoms with E-state index in [9.17, 15) is 9.59 Å². The van der Waals surface area contributed by atoms with Crippen molar-refractivity contribution in [2.24, 2.45) is 11.8 Å². The monoisotopic (exact) mass is 389 g/mol. The van der Waals surface area contributed by atoms with Crippen molar-refractivity contribution in [1.29, 1.82) is 0 Å². The van der Waals surface area contributed by atoms with Crippen LogP contribution >= 0.6 is 0 Å². The third kappa shape index (κ3) is 6.14. The number of hydrogen-bond acceptors (Lipinski definition) is 5. The lowest BCUT2D eigenvalue weighted by Crippen LogP contribution is -2.47. The number of carbonyl (C=O) groups excluding carboxylic acids is 2. The topological polar surface area (TPSA) is 64.6 Å². The lowest BCUT2D eigenvalue weighted by molar-refractivity contribution is -0.163. The van der Waals surface area contributed by atoms with Crippen LogP contribution in [0.4, 0.5) is 0 Å². The van der Waals surface area contributed by atoms with E-state index >= 15 is 0 Å². The second kappa shape index (κ2) is 9.66. The molecule has 5 atom stereocenters. The molecule has 0 aromatic heterocycles. The van der Waals surface area contributed by atoms with Crippen molar-refractivity contribution in [2.75, 3.05) is 7.11 Å². The van der Waals surface area contributed by atoms with Crippen LogP contribution in [-0.2, 0) is 25.5 Å². The van der Waals surface area contributed by atoms with E-state index in [1.165, 1.54) is 0 Å². The largest absolute Gasteiger partial charge is 0.459 e. The highest BCUT2D eigenvalue weighted by atomic mass is 16.6. The number of nitrogens with one attached hydrogen (secondary N) is 1. The third-order valence-corrected chi connectivity index (χ3v) is 5.34. The van der Waals surface area contributed by atoms with Gasteiger partial charge in [0, 0.05) is 25.1 Å². The van der Waals surface area contributed by atoms with Crippen LogP contribution in [0.5, 0.6) is 0 Å². The van der Waals surface area contributed by atoms with Gasteiger partial charge in [0.1, 0.15) is 11.5 Å². The van der Waals surface area contributed by atoms with Gasteiger partial charge >= 0.3 is 5.97 Å². The Morgan fingerprint density at radius 1 is 1.18 bits per heavy atom. The molecule has 0 radical (unpaired) electrons. The Hall–Kier alpha value is -1.72. The fourth-order valence-electron chi connectivity index (χ4n) is 3.94. The number of methoxy groups -OCH3 is 1. The molecule has 1 aliphatic heterocycles. The number of carbonyl (C=O) groups is 2. The van der Waals surface area contributed by atoms with E-state index in [4.69, 9.17) is 9.47 Å². The average molecular weight is 390 g/mol. The first-order valence-electron chi connectivity index (χ1n) is 10.2. The highest BCUT2D eigenvalue weighted by Crippen LogP contribution is 2.26. The molecule has 28 heavy (non-hydrogen) atoms. The summed E-state index contributed by atoms with van der Waals surface area (Å²) in [6, 6.07) is 10.1. The predicted molar refractivity (Wildman–Crippen MR) is 110 cm³/mol. The maximum absolute atomic E-state index is 13.4. The lowest BCUT2D eigenvalue weighted by atomic mass is 9.83. The van der Waals surface area contributed by atoms with Gasteiger partial charge in [-0.2, -0.15) is 0 Å². The summed E-state index contributed by atoms with van der Waals surface area (Å²) in [5.74, 6) is -1.83. The van der Waals surface area contributed by atoms with Crippen LogP contribution in [0.15, 0.2) is 30.3 Å². The summed E-state index contributed by atoms with van der Waals surface area (Å²) in [5.41, 5.74) is 0.305. The zero-order valence-electron chi connectivity index (χ0n) is 18.0. The third-order valence-electron chi connectivity index (χ3n) is 5.34. The Balaban J connectivity index is 2.21. The van der Waals surface area contributed by atoms with Gasteiger partial charge in [0.25, 0.3) is 0 Å². The maximum Gasteiger partial charge on any atom is 0.317 e. The van der Waals surface area contributed by atoms with Crippen LogP contribution in [0.3, 0.4) is 0 Å². The zero-order valence-corrected chi connectivity index (χ0v) is 18.0. The first-order valence-corrected chi connectivity index (χ1v) is 10.2. The lowest BCUT2D eigenvalue weighted by Gasteiger charge is -2.31. The van der Waals surface area contributed by atoms with E-state index in [1.54, 1.807) is 7.11 Å². The molecule has 1 fully saturated rings. The number of benzene rings is 1. The van der Waals surface area contributed by atoms with Crippen molar-refractivity contribution in [1.82, 2.24) is 5.32 Å². The van der Waals surface area contributed by atoms with Crippen molar-refractivity contribution in [2.45, 2.75) is 77.7 Å². The molecule has 1 N–H and O–H groups in total. The molecule has 1 saturated heterocycles. The second-order valence-corrected chi connectivity index (χ2v) is 8.92. The Morgan fingerprint density at radius 2 is 1.82 bits per heavy atom. The molecule has 0 saturated carbocycles.